The first-order valence-electron chi connectivity index (χ1n) is 0. The Bertz CT molecular complexity index is 6.85. The van der Waals surface area contributed by atoms with Gasteiger partial charge in [0, 0.05) is 0 Å². The molecule has 0 unspecified atom stereocenters. The van der Waals surface area contributed by atoms with E-state index in [1.54, 1.807) is 0 Å². The van der Waals surface area contributed by atoms with Crippen LogP contribution in [-0.4, -0.2) is 37.7 Å². The van der Waals surface area contributed by atoms with Gasteiger partial charge in [-0.1, -0.05) is 0 Å². The molecule has 0 atom stereocenters. The minimum Gasteiger partial charge on any atom is -1.00 e. The largest absolute Gasteiger partial charge is 2.00 e. The van der Waals surface area contributed by atoms with Gasteiger partial charge in [0.25, 0.3) is 0 Å². The molecule has 0 N–H and O–H groups in total. The van der Waals surface area contributed by atoms with E-state index in [1.165, 1.54) is 0 Å². The molecule has 0 saturated heterocycles. The first-order valence-corrected chi connectivity index (χ1v) is 0. The van der Waals surface area contributed by atoms with Crippen molar-refractivity contribution in [3.05, 3.63) is 0 Å². The fraction of sp³-hybridized carbons (Fsp3) is 0. The molecular formula is CaCl3Rb. The normalized spacial score (nSPS) is 0. The number of hydrogen-bond donors (Lipinski definition) is 0. The summed E-state index contributed by atoms with van der Waals surface area (Å²) in [6.45, 7) is 0. The summed E-state index contributed by atoms with van der Waals surface area (Å²) in [7, 11) is 0. The Morgan fingerprint density at radius 2 is 0.600 bits per heavy atom. The Labute approximate surface area is 129 Å². The van der Waals surface area contributed by atoms with Gasteiger partial charge >= 0.3 is 95.9 Å². The second kappa shape index (κ2) is 24.6. The molecule has 0 aliphatic rings. The molecule has 0 radical (unpaired) electrons. The van der Waals surface area contributed by atoms with Crippen molar-refractivity contribution in [2.45, 2.75) is 0 Å². The SMILES string of the molecule is [Ca+2].[Cl-].[Cl-].[Cl-].[Rb+]. The van der Waals surface area contributed by atoms with E-state index >= 15 is 0 Å². The zero-order valence-electron chi connectivity index (χ0n) is 2.84. The molecule has 5 heteroatoms. The maximum atomic E-state index is 0. The molecular weight excluding hydrogens is 232 g/mol. The predicted molar refractivity (Wildman–Crippen MR) is 5.75 cm³/mol. The molecule has 0 aliphatic heterocycles. The van der Waals surface area contributed by atoms with E-state index in [0.29, 0.717) is 0 Å². The van der Waals surface area contributed by atoms with Crippen LogP contribution in [0.2, 0.25) is 0 Å². The summed E-state index contributed by atoms with van der Waals surface area (Å²) in [6, 6.07) is 0. The van der Waals surface area contributed by atoms with Gasteiger partial charge in [0.05, 0.1) is 0 Å². The van der Waals surface area contributed by atoms with Crippen LogP contribution in [0.5, 0.6) is 0 Å². The molecule has 0 fully saturated rings. The second-order valence-corrected chi connectivity index (χ2v) is 0. The number of halogens is 3. The molecule has 0 saturated carbocycles. The van der Waals surface area contributed by atoms with Crippen molar-refractivity contribution >= 4 is 37.7 Å². The van der Waals surface area contributed by atoms with Gasteiger partial charge < -0.3 is 37.2 Å². The maximum absolute atomic E-state index is 0. The molecule has 0 aliphatic carbocycles. The van der Waals surface area contributed by atoms with Crippen LogP contribution >= 0.6 is 0 Å². The molecule has 0 aromatic carbocycles. The van der Waals surface area contributed by atoms with E-state index in [4.69, 9.17) is 0 Å². The van der Waals surface area contributed by atoms with Crippen molar-refractivity contribution in [3.8, 4) is 0 Å². The molecule has 5 heavy (non-hydrogen) atoms. The summed E-state index contributed by atoms with van der Waals surface area (Å²) in [4.78, 5) is 0. The van der Waals surface area contributed by atoms with Gasteiger partial charge in [-0.3, -0.25) is 0 Å². The van der Waals surface area contributed by atoms with E-state index in [0.717, 1.165) is 0 Å². The van der Waals surface area contributed by atoms with Crippen LogP contribution in [0.15, 0.2) is 0 Å². The smallest absolute Gasteiger partial charge is 1.00 e. The summed E-state index contributed by atoms with van der Waals surface area (Å²) in [6.07, 6.45) is 0. The quantitative estimate of drug-likeness (QED) is 0.364. The molecule has 24 valence electrons. The predicted octanol–water partition coefficient (Wildman–Crippen LogP) is -12.4. The topological polar surface area (TPSA) is 0 Å². The summed E-state index contributed by atoms with van der Waals surface area (Å²) in [5.41, 5.74) is 0. The first-order chi connectivity index (χ1) is 0. The second-order valence-electron chi connectivity index (χ2n) is 0. The number of rotatable bonds is 0. The molecule has 0 bridgehead atoms. The van der Waals surface area contributed by atoms with Crippen molar-refractivity contribution in [2.75, 3.05) is 0 Å². The monoisotopic (exact) mass is 230 g/mol. The Morgan fingerprint density at radius 3 is 0.600 bits per heavy atom. The van der Waals surface area contributed by atoms with Crippen LogP contribution in [-0.2, 0) is 0 Å². The third-order valence-electron chi connectivity index (χ3n) is 0. The average molecular weight is 232 g/mol. The Balaban J connectivity index is 0. The summed E-state index contributed by atoms with van der Waals surface area (Å²) in [5, 5.41) is 0. The molecule has 0 nitrogen and oxygen atoms in total. The fourth-order valence-corrected chi connectivity index (χ4v) is 0. The van der Waals surface area contributed by atoms with Crippen molar-refractivity contribution in [2.24, 2.45) is 0 Å². The van der Waals surface area contributed by atoms with E-state index in [9.17, 15) is 0 Å². The van der Waals surface area contributed by atoms with Gasteiger partial charge in [-0.2, -0.15) is 0 Å². The minimum absolute atomic E-state index is 0. The Kier molecular flexibility index (Phi) is 179. The molecule has 0 amide bonds. The van der Waals surface area contributed by atoms with Gasteiger partial charge in [0.2, 0.25) is 0 Å². The van der Waals surface area contributed by atoms with Crippen molar-refractivity contribution < 1.29 is 95.4 Å². The average Bonchev–Trinajstić information content (AvgIpc) is 0. The zero-order valence-corrected chi connectivity index (χ0v) is 12.2. The van der Waals surface area contributed by atoms with Gasteiger partial charge in [0.15, 0.2) is 0 Å². The van der Waals surface area contributed by atoms with Crippen LogP contribution in [0.1, 0.15) is 0 Å². The van der Waals surface area contributed by atoms with Crippen LogP contribution in [0, 0.1) is 0 Å². The fourth-order valence-electron chi connectivity index (χ4n) is 0. The van der Waals surface area contributed by atoms with Gasteiger partial charge in [-0.15, -0.1) is 0 Å². The summed E-state index contributed by atoms with van der Waals surface area (Å²) >= 11 is 0. The van der Waals surface area contributed by atoms with Crippen LogP contribution in [0.3, 0.4) is 0 Å². The summed E-state index contributed by atoms with van der Waals surface area (Å²) < 4.78 is 0. The van der Waals surface area contributed by atoms with Crippen LogP contribution in [0.4, 0.5) is 0 Å². The maximum Gasteiger partial charge on any atom is 2.00 e. The van der Waals surface area contributed by atoms with Gasteiger partial charge in [0.1, 0.15) is 0 Å². The molecule has 0 rings (SSSR count). The zero-order chi connectivity index (χ0) is 0. The number of hydrogen-bond acceptors (Lipinski definition) is 0. The van der Waals surface area contributed by atoms with Crippen molar-refractivity contribution in [1.29, 1.82) is 0 Å². The van der Waals surface area contributed by atoms with E-state index in [-0.39, 0.29) is 133 Å². The van der Waals surface area contributed by atoms with Crippen molar-refractivity contribution in [1.82, 2.24) is 0 Å². The first kappa shape index (κ1) is 36.3. The third-order valence-corrected chi connectivity index (χ3v) is 0. The molecule has 0 heterocycles. The molecule has 0 aromatic rings. The minimum atomic E-state index is 0. The standard InChI is InChI=1S/Ca.3ClH.Rb/h;3*1H;/q+2;;;;+1/p-3. The van der Waals surface area contributed by atoms with Crippen LogP contribution < -0.4 is 95.4 Å². The van der Waals surface area contributed by atoms with Gasteiger partial charge in [-0.25, -0.2) is 0 Å². The van der Waals surface area contributed by atoms with Crippen LogP contribution in [0.25, 0.3) is 0 Å². The molecule has 0 aromatic heterocycles. The summed E-state index contributed by atoms with van der Waals surface area (Å²) in [5.74, 6) is 0. The van der Waals surface area contributed by atoms with Crippen molar-refractivity contribution in [3.63, 3.8) is 0 Å². The van der Waals surface area contributed by atoms with E-state index < -0.39 is 0 Å². The van der Waals surface area contributed by atoms with Gasteiger partial charge in [-0.05, 0) is 0 Å². The third kappa shape index (κ3) is 18.1. The van der Waals surface area contributed by atoms with E-state index in [2.05, 4.69) is 0 Å². The Morgan fingerprint density at radius 1 is 0.600 bits per heavy atom. The molecule has 0 spiro atoms. The van der Waals surface area contributed by atoms with E-state index in [1.807, 2.05) is 0 Å². The Hall–Kier alpha value is 3.93.